The molecule has 1 N–H and O–H groups in total. The molecule has 0 fully saturated rings. The average molecular weight is 301 g/mol. The Morgan fingerprint density at radius 3 is 2.50 bits per heavy atom. The van der Waals surface area contributed by atoms with Gasteiger partial charge < -0.3 is 14.8 Å². The van der Waals surface area contributed by atoms with E-state index < -0.39 is 0 Å². The second kappa shape index (κ2) is 8.22. The van der Waals surface area contributed by atoms with Crippen molar-refractivity contribution < 1.29 is 9.47 Å². The first-order valence-electron chi connectivity index (χ1n) is 7.62. The van der Waals surface area contributed by atoms with Gasteiger partial charge in [0.05, 0.1) is 13.7 Å². The van der Waals surface area contributed by atoms with Gasteiger partial charge in [-0.3, -0.25) is 0 Å². The summed E-state index contributed by atoms with van der Waals surface area (Å²) in [7, 11) is 1.66. The standard InChI is InChI=1S/C17H23N3O2/c1-4-10-22-17-11-16(19-15(5-2)20-17)18-12-13-6-8-14(21-3)9-7-13/h6-9,11H,4-5,10,12H2,1-3H3,(H,18,19,20). The molecule has 0 atom stereocenters. The van der Waals surface area contributed by atoms with Gasteiger partial charge in [-0.25, -0.2) is 4.98 Å². The van der Waals surface area contributed by atoms with Crippen LogP contribution in [0.2, 0.25) is 0 Å². The third kappa shape index (κ3) is 4.62. The Balaban J connectivity index is 2.03. The van der Waals surface area contributed by atoms with Crippen LogP contribution in [0, 0.1) is 0 Å². The number of benzene rings is 1. The first kappa shape index (κ1) is 16.1. The van der Waals surface area contributed by atoms with E-state index in [1.807, 2.05) is 37.3 Å². The summed E-state index contributed by atoms with van der Waals surface area (Å²) in [6, 6.07) is 9.80. The van der Waals surface area contributed by atoms with Gasteiger partial charge in [-0.15, -0.1) is 0 Å². The van der Waals surface area contributed by atoms with Crippen LogP contribution in [-0.4, -0.2) is 23.7 Å². The molecule has 1 heterocycles. The Morgan fingerprint density at radius 2 is 1.86 bits per heavy atom. The number of nitrogens with zero attached hydrogens (tertiary/aromatic N) is 2. The normalized spacial score (nSPS) is 10.3. The number of methoxy groups -OCH3 is 1. The highest BCUT2D eigenvalue weighted by atomic mass is 16.5. The molecule has 1 aromatic carbocycles. The lowest BCUT2D eigenvalue weighted by molar-refractivity contribution is 0.304. The molecule has 0 unspecified atom stereocenters. The second-order valence-corrected chi connectivity index (χ2v) is 4.91. The zero-order valence-corrected chi connectivity index (χ0v) is 13.4. The highest BCUT2D eigenvalue weighted by Crippen LogP contribution is 2.16. The van der Waals surface area contributed by atoms with E-state index in [2.05, 4.69) is 22.2 Å². The lowest BCUT2D eigenvalue weighted by Gasteiger charge is -2.10. The van der Waals surface area contributed by atoms with Crippen molar-refractivity contribution in [3.05, 3.63) is 41.7 Å². The molecule has 1 aromatic heterocycles. The van der Waals surface area contributed by atoms with Gasteiger partial charge in [0.2, 0.25) is 5.88 Å². The molecular weight excluding hydrogens is 278 g/mol. The SMILES string of the molecule is CCCOc1cc(NCc2ccc(OC)cc2)nc(CC)n1. The van der Waals surface area contributed by atoms with E-state index in [4.69, 9.17) is 9.47 Å². The van der Waals surface area contributed by atoms with E-state index in [9.17, 15) is 0 Å². The zero-order valence-electron chi connectivity index (χ0n) is 13.4. The molecule has 0 spiro atoms. The van der Waals surface area contributed by atoms with Crippen LogP contribution < -0.4 is 14.8 Å². The summed E-state index contributed by atoms with van der Waals surface area (Å²) >= 11 is 0. The van der Waals surface area contributed by atoms with Crippen LogP contribution in [0.15, 0.2) is 30.3 Å². The summed E-state index contributed by atoms with van der Waals surface area (Å²) in [6.07, 6.45) is 1.74. The first-order chi connectivity index (χ1) is 10.7. The highest BCUT2D eigenvalue weighted by Gasteiger charge is 2.04. The van der Waals surface area contributed by atoms with Gasteiger partial charge in [0.25, 0.3) is 0 Å². The molecule has 0 saturated carbocycles. The lowest BCUT2D eigenvalue weighted by Crippen LogP contribution is -2.06. The molecule has 0 amide bonds. The van der Waals surface area contributed by atoms with E-state index in [-0.39, 0.29) is 0 Å². The van der Waals surface area contributed by atoms with E-state index in [0.717, 1.165) is 35.8 Å². The molecule has 2 rings (SSSR count). The van der Waals surface area contributed by atoms with E-state index >= 15 is 0 Å². The number of rotatable bonds is 8. The summed E-state index contributed by atoms with van der Waals surface area (Å²) in [6.45, 7) is 5.46. The van der Waals surface area contributed by atoms with Gasteiger partial charge in [-0.2, -0.15) is 4.98 Å². The number of aromatic nitrogens is 2. The van der Waals surface area contributed by atoms with Crippen LogP contribution in [0.1, 0.15) is 31.7 Å². The highest BCUT2D eigenvalue weighted by molar-refractivity contribution is 5.40. The summed E-state index contributed by atoms with van der Waals surface area (Å²) in [5, 5.41) is 3.32. The Labute approximate surface area is 131 Å². The predicted octanol–water partition coefficient (Wildman–Crippen LogP) is 3.45. The number of anilines is 1. The van der Waals surface area contributed by atoms with Crippen molar-refractivity contribution in [2.75, 3.05) is 19.0 Å². The number of aryl methyl sites for hydroxylation is 1. The molecule has 0 radical (unpaired) electrons. The van der Waals surface area contributed by atoms with Crippen LogP contribution in [-0.2, 0) is 13.0 Å². The van der Waals surface area contributed by atoms with E-state index in [0.29, 0.717) is 19.0 Å². The number of hydrogen-bond acceptors (Lipinski definition) is 5. The molecule has 0 saturated heterocycles. The maximum Gasteiger partial charge on any atom is 0.218 e. The van der Waals surface area contributed by atoms with Gasteiger partial charge >= 0.3 is 0 Å². The fourth-order valence-corrected chi connectivity index (χ4v) is 1.94. The number of nitrogens with one attached hydrogen (secondary N) is 1. The maximum atomic E-state index is 5.61. The van der Waals surface area contributed by atoms with Gasteiger partial charge in [0.15, 0.2) is 0 Å². The monoisotopic (exact) mass is 301 g/mol. The Bertz CT molecular complexity index is 585. The minimum atomic E-state index is 0.630. The minimum Gasteiger partial charge on any atom is -0.497 e. The minimum absolute atomic E-state index is 0.630. The topological polar surface area (TPSA) is 56.3 Å². The summed E-state index contributed by atoms with van der Waals surface area (Å²) in [4.78, 5) is 8.86. The van der Waals surface area contributed by atoms with Crippen molar-refractivity contribution >= 4 is 5.82 Å². The Morgan fingerprint density at radius 1 is 1.09 bits per heavy atom. The summed E-state index contributed by atoms with van der Waals surface area (Å²) in [5.74, 6) is 3.06. The molecule has 0 bridgehead atoms. The second-order valence-electron chi connectivity index (χ2n) is 4.91. The molecule has 0 aliphatic rings. The van der Waals surface area contributed by atoms with Crippen molar-refractivity contribution in [2.45, 2.75) is 33.2 Å². The van der Waals surface area contributed by atoms with Crippen LogP contribution in [0.5, 0.6) is 11.6 Å². The molecule has 5 heteroatoms. The van der Waals surface area contributed by atoms with Gasteiger partial charge in [-0.05, 0) is 24.1 Å². The molecular formula is C17H23N3O2. The van der Waals surface area contributed by atoms with Crippen LogP contribution >= 0.6 is 0 Å². The zero-order chi connectivity index (χ0) is 15.8. The molecule has 0 aliphatic heterocycles. The predicted molar refractivity (Wildman–Crippen MR) is 87.5 cm³/mol. The van der Waals surface area contributed by atoms with Gasteiger partial charge in [-0.1, -0.05) is 26.0 Å². The molecule has 5 nitrogen and oxygen atoms in total. The fourth-order valence-electron chi connectivity index (χ4n) is 1.94. The maximum absolute atomic E-state index is 5.61. The first-order valence-corrected chi connectivity index (χ1v) is 7.62. The third-order valence-electron chi connectivity index (χ3n) is 3.15. The van der Waals surface area contributed by atoms with Crippen molar-refractivity contribution in [2.24, 2.45) is 0 Å². The van der Waals surface area contributed by atoms with Crippen molar-refractivity contribution in [1.29, 1.82) is 0 Å². The Kier molecular flexibility index (Phi) is 6.01. The molecule has 0 aliphatic carbocycles. The molecule has 118 valence electrons. The van der Waals surface area contributed by atoms with Crippen molar-refractivity contribution in [3.8, 4) is 11.6 Å². The van der Waals surface area contributed by atoms with Gasteiger partial charge in [0.1, 0.15) is 17.4 Å². The summed E-state index contributed by atoms with van der Waals surface area (Å²) in [5.41, 5.74) is 1.16. The van der Waals surface area contributed by atoms with E-state index in [1.54, 1.807) is 7.11 Å². The number of ether oxygens (including phenoxy) is 2. The third-order valence-corrected chi connectivity index (χ3v) is 3.15. The molecule has 2 aromatic rings. The van der Waals surface area contributed by atoms with Crippen LogP contribution in [0.3, 0.4) is 0 Å². The average Bonchev–Trinajstić information content (AvgIpc) is 2.58. The smallest absolute Gasteiger partial charge is 0.218 e. The molecule has 22 heavy (non-hydrogen) atoms. The Hall–Kier alpha value is -2.30. The largest absolute Gasteiger partial charge is 0.497 e. The fraction of sp³-hybridized carbons (Fsp3) is 0.412. The van der Waals surface area contributed by atoms with Gasteiger partial charge in [0, 0.05) is 19.0 Å². The van der Waals surface area contributed by atoms with Crippen LogP contribution in [0.25, 0.3) is 0 Å². The quantitative estimate of drug-likeness (QED) is 0.809. The van der Waals surface area contributed by atoms with Crippen molar-refractivity contribution in [3.63, 3.8) is 0 Å². The number of hydrogen-bond donors (Lipinski definition) is 1. The van der Waals surface area contributed by atoms with E-state index in [1.165, 1.54) is 0 Å². The summed E-state index contributed by atoms with van der Waals surface area (Å²) < 4.78 is 10.8. The van der Waals surface area contributed by atoms with Crippen LogP contribution in [0.4, 0.5) is 5.82 Å². The lowest BCUT2D eigenvalue weighted by atomic mass is 10.2. The van der Waals surface area contributed by atoms with Crippen molar-refractivity contribution in [1.82, 2.24) is 9.97 Å².